The second kappa shape index (κ2) is 7.48. The van der Waals surface area contributed by atoms with Gasteiger partial charge in [-0.1, -0.05) is 23.4 Å². The fourth-order valence-electron chi connectivity index (χ4n) is 5.08. The van der Waals surface area contributed by atoms with E-state index in [2.05, 4.69) is 14.9 Å². The Kier molecular flexibility index (Phi) is 5.09. The number of piperazine rings is 1. The zero-order chi connectivity index (χ0) is 22.9. The van der Waals surface area contributed by atoms with Gasteiger partial charge in [-0.25, -0.2) is 19.2 Å². The van der Waals surface area contributed by atoms with Crippen LogP contribution >= 0.6 is 23.4 Å². The number of halogens is 2. The number of rotatable bonds is 1. The lowest BCUT2D eigenvalue weighted by Gasteiger charge is -2.48. The largest absolute Gasteiger partial charge is 0.472 e. The van der Waals surface area contributed by atoms with Gasteiger partial charge >= 0.3 is 6.09 Å². The van der Waals surface area contributed by atoms with Crippen molar-refractivity contribution < 1.29 is 18.7 Å². The summed E-state index contributed by atoms with van der Waals surface area (Å²) in [5.74, 6) is 0.109. The molecule has 3 aliphatic rings. The minimum Gasteiger partial charge on any atom is -0.472 e. The van der Waals surface area contributed by atoms with Gasteiger partial charge < -0.3 is 14.4 Å². The number of thioether (sulfide) groups is 1. The van der Waals surface area contributed by atoms with Gasteiger partial charge in [0.25, 0.3) is 0 Å². The Balaban J connectivity index is 1.64. The highest BCUT2D eigenvalue weighted by molar-refractivity contribution is 7.98. The van der Waals surface area contributed by atoms with Gasteiger partial charge in [-0.05, 0) is 46.8 Å². The van der Waals surface area contributed by atoms with Crippen molar-refractivity contribution in [3.8, 4) is 5.88 Å². The number of hydrogen-bond donors (Lipinski definition) is 0. The molecule has 2 fully saturated rings. The highest BCUT2D eigenvalue weighted by atomic mass is 35.5. The van der Waals surface area contributed by atoms with Crippen molar-refractivity contribution in [2.24, 2.45) is 0 Å². The number of nitrogens with zero attached hydrogens (tertiary/aromatic N) is 5. The molecule has 0 spiro atoms. The number of anilines is 1. The molecule has 4 atom stereocenters. The fourth-order valence-corrected chi connectivity index (χ4v) is 5.61. The van der Waals surface area contributed by atoms with Gasteiger partial charge in [-0.15, -0.1) is 0 Å². The predicted octanol–water partition coefficient (Wildman–Crippen LogP) is 4.28. The summed E-state index contributed by atoms with van der Waals surface area (Å²) in [5.41, 5.74) is -0.483. The molecule has 2 aromatic rings. The van der Waals surface area contributed by atoms with Crippen molar-refractivity contribution in [3.63, 3.8) is 0 Å². The van der Waals surface area contributed by atoms with Crippen LogP contribution in [0.2, 0.25) is 5.15 Å². The maximum Gasteiger partial charge on any atom is 0.410 e. The van der Waals surface area contributed by atoms with Gasteiger partial charge in [-0.3, -0.25) is 4.90 Å². The summed E-state index contributed by atoms with van der Waals surface area (Å²) in [6.07, 6.45) is 2.85. The molecular weight excluding hydrogens is 457 g/mol. The Morgan fingerprint density at radius 3 is 2.72 bits per heavy atom. The third kappa shape index (κ3) is 3.34. The van der Waals surface area contributed by atoms with Gasteiger partial charge in [0.15, 0.2) is 16.1 Å². The lowest BCUT2D eigenvalue weighted by atomic mass is 9.98. The standard InChI is InChI=1S/C21H25ClFN5O3S/c1-9-15-11-7-6-10(28(11)20(29)31-21(2,3)4)8-27(15)17-12-14(24-19(26-17)32-5)13(23)16(22)25-18(12)30-9/h9-11,15H,6-8H2,1-5H3/t9?,10-,11+,15-/m1/s1. The van der Waals surface area contributed by atoms with Crippen LogP contribution in [0.3, 0.4) is 0 Å². The van der Waals surface area contributed by atoms with Gasteiger partial charge in [0.05, 0.1) is 18.1 Å². The van der Waals surface area contributed by atoms with Crippen LogP contribution in [0.5, 0.6) is 5.88 Å². The average molecular weight is 482 g/mol. The van der Waals surface area contributed by atoms with Crippen molar-refractivity contribution in [1.82, 2.24) is 19.9 Å². The van der Waals surface area contributed by atoms with Crippen LogP contribution in [0.15, 0.2) is 5.16 Å². The van der Waals surface area contributed by atoms with Gasteiger partial charge in [0.2, 0.25) is 5.88 Å². The fraction of sp³-hybridized carbons (Fsp3) is 0.619. The Bertz CT molecular complexity index is 1110. The Hall–Kier alpha value is -2.07. The summed E-state index contributed by atoms with van der Waals surface area (Å²) in [7, 11) is 0. The van der Waals surface area contributed by atoms with Crippen LogP contribution in [0.1, 0.15) is 40.5 Å². The molecule has 1 amide bonds. The molecule has 0 aromatic carbocycles. The number of hydrogen-bond acceptors (Lipinski definition) is 8. The smallest absolute Gasteiger partial charge is 0.410 e. The molecule has 0 saturated carbocycles. The van der Waals surface area contributed by atoms with E-state index in [4.69, 9.17) is 26.1 Å². The van der Waals surface area contributed by atoms with Crippen molar-refractivity contribution in [1.29, 1.82) is 0 Å². The average Bonchev–Trinajstić information content (AvgIpc) is 2.96. The predicted molar refractivity (Wildman–Crippen MR) is 120 cm³/mol. The summed E-state index contributed by atoms with van der Waals surface area (Å²) in [5, 5.41) is 0.576. The van der Waals surface area contributed by atoms with Crippen molar-refractivity contribution in [3.05, 3.63) is 11.0 Å². The maximum absolute atomic E-state index is 14.9. The Morgan fingerprint density at radius 2 is 2.03 bits per heavy atom. The first-order chi connectivity index (χ1) is 15.1. The number of fused-ring (bicyclic) bond motifs is 5. The van der Waals surface area contributed by atoms with E-state index in [0.717, 1.165) is 12.8 Å². The van der Waals surface area contributed by atoms with Crippen LogP contribution < -0.4 is 9.64 Å². The van der Waals surface area contributed by atoms with Gasteiger partial charge in [-0.2, -0.15) is 4.98 Å². The van der Waals surface area contributed by atoms with Crippen LogP contribution in [0, 0.1) is 5.82 Å². The van der Waals surface area contributed by atoms with Gasteiger partial charge in [0.1, 0.15) is 28.4 Å². The summed E-state index contributed by atoms with van der Waals surface area (Å²) < 4.78 is 26.9. The van der Waals surface area contributed by atoms with Crippen molar-refractivity contribution >= 4 is 46.2 Å². The topological polar surface area (TPSA) is 80.7 Å². The van der Waals surface area contributed by atoms with Gasteiger partial charge in [0, 0.05) is 6.54 Å². The molecule has 3 aliphatic heterocycles. The van der Waals surface area contributed by atoms with E-state index < -0.39 is 11.4 Å². The molecule has 0 N–H and O–H groups in total. The molecule has 172 valence electrons. The van der Waals surface area contributed by atoms with E-state index in [1.807, 2.05) is 38.9 Å². The van der Waals surface area contributed by atoms with E-state index in [9.17, 15) is 9.18 Å². The van der Waals surface area contributed by atoms with E-state index in [1.54, 1.807) is 0 Å². The molecule has 32 heavy (non-hydrogen) atoms. The van der Waals surface area contributed by atoms with Crippen LogP contribution in [0.4, 0.5) is 15.0 Å². The maximum atomic E-state index is 14.9. The molecule has 5 rings (SSSR count). The van der Waals surface area contributed by atoms with Crippen molar-refractivity contribution in [2.45, 2.75) is 75.5 Å². The number of carbonyl (C=O) groups excluding carboxylic acids is 1. The first kappa shape index (κ1) is 21.8. The molecule has 11 heteroatoms. The van der Waals surface area contributed by atoms with Crippen LogP contribution in [-0.2, 0) is 4.74 Å². The molecule has 2 aromatic heterocycles. The third-order valence-corrected chi connectivity index (χ3v) is 7.02. The second-order valence-corrected chi connectivity index (χ2v) is 10.6. The van der Waals surface area contributed by atoms with E-state index in [-0.39, 0.29) is 46.9 Å². The second-order valence-electron chi connectivity index (χ2n) is 9.43. The molecule has 8 nitrogen and oxygen atoms in total. The van der Waals surface area contributed by atoms with Crippen LogP contribution in [0.25, 0.3) is 10.9 Å². The quantitative estimate of drug-likeness (QED) is 0.339. The molecular formula is C21H25ClFN5O3S. The minimum atomic E-state index is -0.686. The minimum absolute atomic E-state index is 0.0345. The number of ether oxygens (including phenoxy) is 2. The molecule has 1 unspecified atom stereocenters. The zero-order valence-electron chi connectivity index (χ0n) is 18.6. The number of pyridine rings is 1. The van der Waals surface area contributed by atoms with E-state index in [0.29, 0.717) is 22.9 Å². The van der Waals surface area contributed by atoms with Crippen molar-refractivity contribution in [2.75, 3.05) is 17.7 Å². The lowest BCUT2D eigenvalue weighted by molar-refractivity contribution is 0.000950. The van der Waals surface area contributed by atoms with E-state index >= 15 is 0 Å². The Morgan fingerprint density at radius 1 is 1.28 bits per heavy atom. The highest BCUT2D eigenvalue weighted by Crippen LogP contribution is 2.45. The Labute approximate surface area is 194 Å². The normalized spacial score (nSPS) is 26.6. The molecule has 0 radical (unpaired) electrons. The van der Waals surface area contributed by atoms with Crippen LogP contribution in [-0.4, -0.2) is 68.6 Å². The number of aromatic nitrogens is 3. The molecule has 2 bridgehead atoms. The monoisotopic (exact) mass is 481 g/mol. The first-order valence-electron chi connectivity index (χ1n) is 10.6. The molecule has 5 heterocycles. The lowest BCUT2D eigenvalue weighted by Crippen LogP contribution is -2.65. The molecule has 0 aliphatic carbocycles. The third-order valence-electron chi connectivity index (χ3n) is 6.22. The number of carbonyl (C=O) groups is 1. The first-order valence-corrected chi connectivity index (χ1v) is 12.2. The summed E-state index contributed by atoms with van der Waals surface area (Å²) in [6, 6.07) is -0.367. The number of amides is 1. The van der Waals surface area contributed by atoms with E-state index in [1.165, 1.54) is 11.8 Å². The molecule has 2 saturated heterocycles. The summed E-state index contributed by atoms with van der Waals surface area (Å²) >= 11 is 7.40. The SMILES string of the molecule is CSc1nc2c3c(nc(Cl)c(F)c3n1)OC(C)[C@@H]1[C@@H]3CC[C@H](CN21)N3C(=O)OC(C)(C)C. The summed E-state index contributed by atoms with van der Waals surface area (Å²) in [4.78, 5) is 30.3. The zero-order valence-corrected chi connectivity index (χ0v) is 20.1. The highest BCUT2D eigenvalue weighted by Gasteiger charge is 2.53. The summed E-state index contributed by atoms with van der Waals surface area (Å²) in [6.45, 7) is 8.06.